The number of aliphatic hydroxyl groups is 1. The van der Waals surface area contributed by atoms with E-state index in [-0.39, 0.29) is 38.3 Å². The van der Waals surface area contributed by atoms with Crippen LogP contribution in [0.25, 0.3) is 0 Å². The van der Waals surface area contributed by atoms with E-state index in [2.05, 4.69) is 5.32 Å². The van der Waals surface area contributed by atoms with Crippen LogP contribution in [0.2, 0.25) is 0 Å². The standard InChI is InChI=1S/C65H100I3NO26S3/c1-52(70)69-60-63(86-50-55-16-9-4-10-17-55)62(59(90-64(60)71)51-84-48-53-12-5-2-6-13-53)92-65-61(85-49-54-14-7-3-8-15-54)57(20-23-74-26-29-77-32-35-80-38-41-83-44-47-89-95-98-68)56(19-22-73-25-28-76-31-34-79-37-40-82-43-46-88-94-97-67)58(91-65)18-11-21-72-24-27-75-30-33-78-36-39-81-42-45-87-93-96-66/h2-10,12-17,56-65,71H,11,18-51H2,1H3,(H,69,70). The molecule has 0 spiro atoms. The predicted octanol–water partition coefficient (Wildman–Crippen LogP) is 9.54. The molecule has 560 valence electrons. The number of benzene rings is 3. The van der Waals surface area contributed by atoms with Crippen molar-refractivity contribution in [3.05, 3.63) is 108 Å². The van der Waals surface area contributed by atoms with Gasteiger partial charge >= 0.3 is 0 Å². The Morgan fingerprint density at radius 1 is 0.408 bits per heavy atom. The summed E-state index contributed by atoms with van der Waals surface area (Å²) in [6, 6.07) is 28.3. The molecule has 10 unspecified atom stereocenters. The van der Waals surface area contributed by atoms with Gasteiger partial charge in [0.15, 0.2) is 12.6 Å². The molecule has 2 aliphatic rings. The van der Waals surface area contributed by atoms with Gasteiger partial charge in [-0.1, -0.05) is 91.0 Å². The van der Waals surface area contributed by atoms with Gasteiger partial charge in [-0.05, 0) is 54.2 Å². The molecule has 33 heteroatoms. The van der Waals surface area contributed by atoms with Crippen LogP contribution in [0.1, 0.15) is 49.3 Å². The number of rotatable bonds is 65. The Bertz CT molecular complexity index is 2300. The van der Waals surface area contributed by atoms with Crippen LogP contribution < -0.4 is 5.32 Å². The number of carbonyl (C=O) groups is 1. The molecular formula is C65H100I3NO26S3. The number of carbonyl (C=O) groups excluding carboxylic acids is 1. The van der Waals surface area contributed by atoms with E-state index in [1.807, 2.05) is 155 Å². The van der Waals surface area contributed by atoms with E-state index < -0.39 is 55.0 Å². The van der Waals surface area contributed by atoms with Gasteiger partial charge < -0.3 is 95.7 Å². The number of hydrogen-bond acceptors (Lipinski definition) is 29. The maximum Gasteiger partial charge on any atom is 0.217 e. The first kappa shape index (κ1) is 88.0. The maximum absolute atomic E-state index is 13.1. The predicted molar refractivity (Wildman–Crippen MR) is 389 cm³/mol. The molecule has 3 aromatic rings. The Balaban J connectivity index is 1.36. The zero-order chi connectivity index (χ0) is 69.2. The fraction of sp³-hybridized carbons (Fsp3) is 0.708. The van der Waals surface area contributed by atoms with Crippen LogP contribution in [0.4, 0.5) is 0 Å². The number of halogens is 3. The highest BCUT2D eigenvalue weighted by atomic mass is 127. The molecule has 10 atom stereocenters. The zero-order valence-corrected chi connectivity index (χ0v) is 64.6. The average Bonchev–Trinajstić information content (AvgIpc) is 0.778. The van der Waals surface area contributed by atoms with Crippen LogP contribution in [-0.4, -0.2) is 245 Å². The first-order valence-corrected chi connectivity index (χ1v) is 42.7. The fourth-order valence-electron chi connectivity index (χ4n) is 10.4. The number of ether oxygens (including phenoxy) is 18. The Morgan fingerprint density at radius 3 is 1.16 bits per heavy atom. The molecule has 2 N–H and O–H groups in total. The average molecular weight is 1790 g/mol. The van der Waals surface area contributed by atoms with Crippen LogP contribution in [0, 0.1) is 11.8 Å². The molecule has 27 nitrogen and oxygen atoms in total. The van der Waals surface area contributed by atoms with E-state index >= 15 is 0 Å². The lowest BCUT2D eigenvalue weighted by atomic mass is 9.75. The van der Waals surface area contributed by atoms with Crippen molar-refractivity contribution in [2.45, 2.75) is 102 Å². The molecule has 0 aliphatic carbocycles. The fourth-order valence-corrected chi connectivity index (χ4v) is 11.6. The summed E-state index contributed by atoms with van der Waals surface area (Å²) in [5.41, 5.74) is 2.75. The SMILES string of the molecule is CC(=O)NC1C(O)OC(COCc2ccccc2)C(OC2OC(CCCOCCOCCOCCOCCOOSI)C(CCOCCOCCOCCOCCOOSI)C(CCOCCOCCOCCOCCOOSI)C2OCc2ccccc2)C1OCc1ccccc1. The second-order valence-corrected chi connectivity index (χ2v) is 25.7. The second-order valence-electron chi connectivity index (χ2n) is 21.7. The van der Waals surface area contributed by atoms with E-state index in [1.165, 1.54) is 6.92 Å². The quantitative estimate of drug-likeness (QED) is 0.0175. The first-order valence-electron chi connectivity index (χ1n) is 32.9. The van der Waals surface area contributed by atoms with Gasteiger partial charge in [0.05, 0.1) is 171 Å². The van der Waals surface area contributed by atoms with E-state index in [4.69, 9.17) is 113 Å². The summed E-state index contributed by atoms with van der Waals surface area (Å²) in [7, 11) is 3.29. The molecule has 3 aromatic carbocycles. The van der Waals surface area contributed by atoms with Crippen LogP contribution >= 0.6 is 91.3 Å². The number of aliphatic hydroxyl groups excluding tert-OH is 1. The molecule has 0 bridgehead atoms. The van der Waals surface area contributed by atoms with Gasteiger partial charge in [0.1, 0.15) is 77.9 Å². The monoisotopic (exact) mass is 1790 g/mol. The molecule has 0 saturated carbocycles. The van der Waals surface area contributed by atoms with Gasteiger partial charge in [-0.2, -0.15) is 13.0 Å². The Morgan fingerprint density at radius 2 is 0.765 bits per heavy atom. The zero-order valence-electron chi connectivity index (χ0n) is 55.7. The molecule has 2 fully saturated rings. The minimum atomic E-state index is -1.50. The van der Waals surface area contributed by atoms with Gasteiger partial charge in [-0.25, -0.2) is 14.7 Å². The molecule has 1 amide bonds. The maximum atomic E-state index is 13.1. The topological polar surface area (TPSA) is 271 Å². The molecular weight excluding hydrogens is 1690 g/mol. The molecule has 98 heavy (non-hydrogen) atoms. The van der Waals surface area contributed by atoms with Crippen molar-refractivity contribution in [3.63, 3.8) is 0 Å². The molecule has 0 aromatic heterocycles. The van der Waals surface area contributed by atoms with Crippen molar-refractivity contribution in [1.82, 2.24) is 5.32 Å². The van der Waals surface area contributed by atoms with Crippen molar-refractivity contribution < 1.29 is 123 Å². The highest BCUT2D eigenvalue weighted by molar-refractivity contribution is 14.2. The molecule has 2 saturated heterocycles. The minimum absolute atomic E-state index is 0.0181. The first-order chi connectivity index (χ1) is 48.4. The minimum Gasteiger partial charge on any atom is -0.379 e. The molecule has 5 rings (SSSR count). The van der Waals surface area contributed by atoms with Crippen LogP contribution in [0.15, 0.2) is 91.0 Å². The van der Waals surface area contributed by atoms with E-state index in [1.54, 1.807) is 0 Å². The van der Waals surface area contributed by atoms with Crippen molar-refractivity contribution >= 4 is 97.2 Å². The smallest absolute Gasteiger partial charge is 0.217 e. The largest absolute Gasteiger partial charge is 0.379 e. The third-order valence-corrected chi connectivity index (χ3v) is 16.6. The summed E-state index contributed by atoms with van der Waals surface area (Å²) < 4.78 is 126. The van der Waals surface area contributed by atoms with Crippen molar-refractivity contribution in [1.29, 1.82) is 0 Å². The van der Waals surface area contributed by atoms with E-state index in [0.29, 0.717) is 204 Å². The summed E-state index contributed by atoms with van der Waals surface area (Å²) in [6.45, 7) is 12.2. The van der Waals surface area contributed by atoms with Gasteiger partial charge in [-0.3, -0.25) is 4.79 Å². The van der Waals surface area contributed by atoms with Crippen molar-refractivity contribution in [3.8, 4) is 0 Å². The third-order valence-electron chi connectivity index (χ3n) is 14.8. The lowest BCUT2D eigenvalue weighted by molar-refractivity contribution is -0.346. The van der Waals surface area contributed by atoms with Crippen LogP contribution in [0.3, 0.4) is 0 Å². The second kappa shape index (κ2) is 61.5. The summed E-state index contributed by atoms with van der Waals surface area (Å²) in [5, 5.41) is 14.8. The lowest BCUT2D eigenvalue weighted by Crippen LogP contribution is -2.67. The van der Waals surface area contributed by atoms with Crippen LogP contribution in [-0.2, 0) is 138 Å². The highest BCUT2D eigenvalue weighted by Crippen LogP contribution is 2.42. The van der Waals surface area contributed by atoms with Crippen molar-refractivity contribution in [2.24, 2.45) is 11.8 Å². The lowest BCUT2D eigenvalue weighted by Gasteiger charge is -2.50. The summed E-state index contributed by atoms with van der Waals surface area (Å²) >= 11 is 5.92. The van der Waals surface area contributed by atoms with E-state index in [9.17, 15) is 9.90 Å². The van der Waals surface area contributed by atoms with Gasteiger partial charge in [0.2, 0.25) is 5.91 Å². The Labute approximate surface area is 626 Å². The van der Waals surface area contributed by atoms with Gasteiger partial charge in [0.25, 0.3) is 0 Å². The third kappa shape index (κ3) is 41.9. The van der Waals surface area contributed by atoms with Crippen LogP contribution in [0.5, 0.6) is 0 Å². The number of nitrogens with one attached hydrogen (secondary N) is 1. The Hall–Kier alpha value is -0.630. The summed E-state index contributed by atoms with van der Waals surface area (Å²) in [5.74, 6) is -0.838. The Kier molecular flexibility index (Phi) is 55.2. The van der Waals surface area contributed by atoms with Crippen molar-refractivity contribution in [2.75, 3.05) is 185 Å². The molecule has 0 radical (unpaired) electrons. The molecule has 2 heterocycles. The highest BCUT2D eigenvalue weighted by Gasteiger charge is 2.53. The number of amides is 1. The molecule has 2 aliphatic heterocycles. The van der Waals surface area contributed by atoms with Gasteiger partial charge in [0, 0.05) is 90.4 Å². The summed E-state index contributed by atoms with van der Waals surface area (Å²) in [6.07, 6.45) is -4.42. The van der Waals surface area contributed by atoms with E-state index in [0.717, 1.165) is 44.3 Å². The number of hydrogen-bond donors (Lipinski definition) is 2. The van der Waals surface area contributed by atoms with Gasteiger partial charge in [-0.15, -0.1) is 0 Å². The summed E-state index contributed by atoms with van der Waals surface area (Å²) in [4.78, 5) is 27.9. The normalized spacial score (nSPS) is 21.1.